The lowest BCUT2D eigenvalue weighted by atomic mass is 10.0. The number of hydrogen-bond acceptors (Lipinski definition) is 4. The molecule has 98 valence electrons. The van der Waals surface area contributed by atoms with Crippen molar-refractivity contribution in [3.63, 3.8) is 0 Å². The molecule has 2 unspecified atom stereocenters. The van der Waals surface area contributed by atoms with E-state index < -0.39 is 12.0 Å². The summed E-state index contributed by atoms with van der Waals surface area (Å²) in [6.07, 6.45) is 1.16. The van der Waals surface area contributed by atoms with E-state index in [1.54, 1.807) is 7.05 Å². The van der Waals surface area contributed by atoms with E-state index in [-0.39, 0.29) is 17.9 Å². The maximum absolute atomic E-state index is 11.9. The van der Waals surface area contributed by atoms with E-state index >= 15 is 0 Å². The second-order valence-corrected chi connectivity index (χ2v) is 4.23. The number of likely N-dealkylation sites (N-methyl/N-ethyl adjacent to an activating group) is 1. The molecule has 0 aliphatic carbocycles. The quantitative estimate of drug-likeness (QED) is 0.591. The summed E-state index contributed by atoms with van der Waals surface area (Å²) < 4.78 is 5.21. The smallest absolute Gasteiger partial charge is 0.326 e. The first-order valence-electron chi connectivity index (χ1n) is 5.88. The van der Waals surface area contributed by atoms with E-state index in [9.17, 15) is 9.59 Å². The van der Waals surface area contributed by atoms with E-state index in [1.807, 2.05) is 6.92 Å². The van der Waals surface area contributed by atoms with Crippen molar-refractivity contribution in [3.8, 4) is 0 Å². The highest BCUT2D eigenvalue weighted by molar-refractivity contribution is 5.85. The second kappa shape index (κ2) is 6.56. The van der Waals surface area contributed by atoms with Crippen molar-refractivity contribution in [3.05, 3.63) is 0 Å². The predicted octanol–water partition coefficient (Wildman–Crippen LogP) is -0.410. The van der Waals surface area contributed by atoms with Crippen LogP contribution in [0.3, 0.4) is 0 Å². The van der Waals surface area contributed by atoms with Gasteiger partial charge in [0.2, 0.25) is 5.91 Å². The highest BCUT2D eigenvalue weighted by Crippen LogP contribution is 2.14. The molecule has 0 aromatic heterocycles. The van der Waals surface area contributed by atoms with Crippen LogP contribution in [0.25, 0.3) is 0 Å². The van der Waals surface area contributed by atoms with Crippen molar-refractivity contribution < 1.29 is 19.4 Å². The SMILES string of the molecule is CCC[C@@H](NC(=O)C1COCC1NC)C(=O)O. The molecule has 3 N–H and O–H groups in total. The molecule has 0 saturated carbocycles. The lowest BCUT2D eigenvalue weighted by molar-refractivity contribution is -0.142. The molecule has 6 heteroatoms. The van der Waals surface area contributed by atoms with Crippen molar-refractivity contribution in [2.24, 2.45) is 5.92 Å². The van der Waals surface area contributed by atoms with Gasteiger partial charge in [-0.25, -0.2) is 4.79 Å². The van der Waals surface area contributed by atoms with Gasteiger partial charge in [-0.05, 0) is 13.5 Å². The molecule has 0 bridgehead atoms. The molecule has 17 heavy (non-hydrogen) atoms. The van der Waals surface area contributed by atoms with Gasteiger partial charge < -0.3 is 20.5 Å². The molecular weight excluding hydrogens is 224 g/mol. The zero-order chi connectivity index (χ0) is 12.8. The molecule has 1 aliphatic rings. The Morgan fingerprint density at radius 2 is 2.18 bits per heavy atom. The number of hydrogen-bond donors (Lipinski definition) is 3. The monoisotopic (exact) mass is 244 g/mol. The van der Waals surface area contributed by atoms with Crippen LogP contribution in [0.1, 0.15) is 19.8 Å². The Labute approximate surface area is 101 Å². The van der Waals surface area contributed by atoms with Crippen LogP contribution >= 0.6 is 0 Å². The summed E-state index contributed by atoms with van der Waals surface area (Å²) in [6, 6.07) is -0.836. The van der Waals surface area contributed by atoms with Crippen LogP contribution in [0.5, 0.6) is 0 Å². The van der Waals surface area contributed by atoms with Crippen LogP contribution in [0, 0.1) is 5.92 Å². The second-order valence-electron chi connectivity index (χ2n) is 4.23. The van der Waals surface area contributed by atoms with Crippen LogP contribution < -0.4 is 10.6 Å². The molecule has 1 rings (SSSR count). The Morgan fingerprint density at radius 1 is 1.47 bits per heavy atom. The van der Waals surface area contributed by atoms with E-state index in [0.717, 1.165) is 0 Å². The van der Waals surface area contributed by atoms with Gasteiger partial charge in [-0.3, -0.25) is 4.79 Å². The third-order valence-electron chi connectivity index (χ3n) is 2.98. The van der Waals surface area contributed by atoms with Gasteiger partial charge in [0.05, 0.1) is 19.1 Å². The van der Waals surface area contributed by atoms with Gasteiger partial charge in [-0.1, -0.05) is 13.3 Å². The summed E-state index contributed by atoms with van der Waals surface area (Å²) in [5.74, 6) is -1.54. The molecule has 1 fully saturated rings. The Hall–Kier alpha value is -1.14. The summed E-state index contributed by atoms with van der Waals surface area (Å²) >= 11 is 0. The molecule has 0 aromatic rings. The Bertz CT molecular complexity index is 283. The van der Waals surface area contributed by atoms with Gasteiger partial charge in [0.25, 0.3) is 0 Å². The number of nitrogens with one attached hydrogen (secondary N) is 2. The number of carboxylic acid groups (broad SMARTS) is 1. The molecule has 1 saturated heterocycles. The highest BCUT2D eigenvalue weighted by atomic mass is 16.5. The number of amides is 1. The fraction of sp³-hybridized carbons (Fsp3) is 0.818. The highest BCUT2D eigenvalue weighted by Gasteiger charge is 2.34. The third-order valence-corrected chi connectivity index (χ3v) is 2.98. The molecule has 0 aromatic carbocycles. The normalized spacial score (nSPS) is 25.5. The summed E-state index contributed by atoms with van der Waals surface area (Å²) in [6.45, 7) is 2.72. The zero-order valence-corrected chi connectivity index (χ0v) is 10.2. The summed E-state index contributed by atoms with van der Waals surface area (Å²) in [5, 5.41) is 14.5. The molecule has 1 heterocycles. The molecule has 6 nitrogen and oxygen atoms in total. The summed E-state index contributed by atoms with van der Waals surface area (Å²) in [4.78, 5) is 22.8. The minimum Gasteiger partial charge on any atom is -0.480 e. The number of carboxylic acids is 1. The first-order valence-corrected chi connectivity index (χ1v) is 5.88. The van der Waals surface area contributed by atoms with Crippen LogP contribution in [0.4, 0.5) is 0 Å². The minimum absolute atomic E-state index is 0.0360. The standard InChI is InChI=1S/C11H20N2O4/c1-3-4-8(11(15)16)13-10(14)7-5-17-6-9(7)12-2/h7-9,12H,3-6H2,1-2H3,(H,13,14)(H,15,16)/t7?,8-,9?/m1/s1. The van der Waals surface area contributed by atoms with Crippen molar-refractivity contribution >= 4 is 11.9 Å². The molecule has 3 atom stereocenters. The van der Waals surface area contributed by atoms with Gasteiger partial charge in [0, 0.05) is 6.04 Å². The first-order chi connectivity index (χ1) is 8.10. The van der Waals surface area contributed by atoms with Crippen LogP contribution in [-0.4, -0.2) is 49.3 Å². The van der Waals surface area contributed by atoms with Crippen molar-refractivity contribution in [1.82, 2.24) is 10.6 Å². The van der Waals surface area contributed by atoms with Gasteiger partial charge in [0.1, 0.15) is 6.04 Å². The maximum atomic E-state index is 11.9. The average Bonchev–Trinajstić information content (AvgIpc) is 2.76. The number of carbonyl (C=O) groups is 2. The number of aliphatic carboxylic acids is 1. The number of ether oxygens (including phenoxy) is 1. The molecule has 1 amide bonds. The predicted molar refractivity (Wildman–Crippen MR) is 61.6 cm³/mol. The van der Waals surface area contributed by atoms with Crippen LogP contribution in [0.15, 0.2) is 0 Å². The van der Waals surface area contributed by atoms with Crippen molar-refractivity contribution in [2.45, 2.75) is 31.8 Å². The number of rotatable bonds is 6. The topological polar surface area (TPSA) is 87.7 Å². The van der Waals surface area contributed by atoms with Gasteiger partial charge >= 0.3 is 5.97 Å². The van der Waals surface area contributed by atoms with Crippen LogP contribution in [-0.2, 0) is 14.3 Å². The maximum Gasteiger partial charge on any atom is 0.326 e. The van der Waals surface area contributed by atoms with E-state index in [4.69, 9.17) is 9.84 Å². The Morgan fingerprint density at radius 3 is 2.71 bits per heavy atom. The Balaban J connectivity index is 2.54. The van der Waals surface area contributed by atoms with Crippen molar-refractivity contribution in [2.75, 3.05) is 20.3 Å². The number of carbonyl (C=O) groups excluding carboxylic acids is 1. The Kier molecular flexibility index (Phi) is 5.37. The fourth-order valence-corrected chi connectivity index (χ4v) is 1.92. The first kappa shape index (κ1) is 13.9. The largest absolute Gasteiger partial charge is 0.480 e. The van der Waals surface area contributed by atoms with E-state index in [1.165, 1.54) is 0 Å². The summed E-state index contributed by atoms with van der Waals surface area (Å²) in [5.41, 5.74) is 0. The van der Waals surface area contributed by atoms with Crippen molar-refractivity contribution in [1.29, 1.82) is 0 Å². The van der Waals surface area contributed by atoms with E-state index in [0.29, 0.717) is 26.1 Å². The molecule has 1 aliphatic heterocycles. The van der Waals surface area contributed by atoms with Crippen LogP contribution in [0.2, 0.25) is 0 Å². The van der Waals surface area contributed by atoms with E-state index in [2.05, 4.69) is 10.6 Å². The minimum atomic E-state index is -0.986. The third kappa shape index (κ3) is 3.67. The van der Waals surface area contributed by atoms with Gasteiger partial charge in [0.15, 0.2) is 0 Å². The lowest BCUT2D eigenvalue weighted by Crippen LogP contribution is -2.48. The molecule has 0 spiro atoms. The summed E-state index contributed by atoms with van der Waals surface area (Å²) in [7, 11) is 1.76. The molecular formula is C11H20N2O4. The fourth-order valence-electron chi connectivity index (χ4n) is 1.92. The average molecular weight is 244 g/mol. The lowest BCUT2D eigenvalue weighted by Gasteiger charge is -2.19. The van der Waals surface area contributed by atoms with Gasteiger partial charge in [-0.15, -0.1) is 0 Å². The zero-order valence-electron chi connectivity index (χ0n) is 10.2. The van der Waals surface area contributed by atoms with Gasteiger partial charge in [-0.2, -0.15) is 0 Å². The molecule has 0 radical (unpaired) electrons.